The second-order valence-corrected chi connectivity index (χ2v) is 6.40. The number of carbonyl (C=O) groups is 1. The fourth-order valence-corrected chi connectivity index (χ4v) is 3.09. The maximum atomic E-state index is 13.0. The van der Waals surface area contributed by atoms with Crippen LogP contribution in [0.15, 0.2) is 59.3 Å². The van der Waals surface area contributed by atoms with Gasteiger partial charge in [0.2, 0.25) is 12.3 Å². The van der Waals surface area contributed by atoms with Crippen molar-refractivity contribution in [2.75, 3.05) is 37.7 Å². The normalized spacial score (nSPS) is 14.2. The molecule has 0 unspecified atom stereocenters. The Balaban J connectivity index is 1.26. The van der Waals surface area contributed by atoms with Crippen molar-refractivity contribution < 1.29 is 18.3 Å². The number of rotatable bonds is 5. The van der Waals surface area contributed by atoms with Crippen LogP contribution in [-0.2, 0) is 4.79 Å². The van der Waals surface area contributed by atoms with Crippen molar-refractivity contribution >= 4 is 11.6 Å². The molecule has 1 aromatic heterocycles. The summed E-state index contributed by atoms with van der Waals surface area (Å²) in [6.07, 6.45) is 1.27. The number of benzene rings is 2. The largest absolute Gasteiger partial charge is 0.484 e. The third kappa shape index (κ3) is 4.11. The van der Waals surface area contributed by atoms with Gasteiger partial charge in [-0.05, 0) is 48.5 Å². The van der Waals surface area contributed by atoms with Gasteiger partial charge in [0.15, 0.2) is 6.61 Å². The molecule has 0 atom stereocenters. The van der Waals surface area contributed by atoms with Crippen LogP contribution < -0.4 is 9.64 Å². The molecule has 0 spiro atoms. The van der Waals surface area contributed by atoms with Gasteiger partial charge in [0.05, 0.1) is 0 Å². The molecule has 28 heavy (non-hydrogen) atoms. The lowest BCUT2D eigenvalue weighted by Crippen LogP contribution is -2.50. The SMILES string of the molecule is O=C(COc1ccc(-c2nnco2)cc1)N1CCN(c2ccc(F)cc2)CC1. The molecule has 4 rings (SSSR count). The molecular weight excluding hydrogens is 363 g/mol. The Morgan fingerprint density at radius 1 is 1.04 bits per heavy atom. The highest BCUT2D eigenvalue weighted by molar-refractivity contribution is 5.78. The molecule has 0 bridgehead atoms. The van der Waals surface area contributed by atoms with Gasteiger partial charge in [-0.1, -0.05) is 0 Å². The molecule has 2 heterocycles. The zero-order valence-electron chi connectivity index (χ0n) is 15.1. The lowest BCUT2D eigenvalue weighted by Gasteiger charge is -2.36. The van der Waals surface area contributed by atoms with E-state index < -0.39 is 0 Å². The zero-order valence-corrected chi connectivity index (χ0v) is 15.1. The molecule has 1 saturated heterocycles. The van der Waals surface area contributed by atoms with E-state index in [2.05, 4.69) is 15.1 Å². The summed E-state index contributed by atoms with van der Waals surface area (Å²) in [6.45, 7) is 2.61. The molecule has 0 N–H and O–H groups in total. The first-order valence-corrected chi connectivity index (χ1v) is 8.97. The van der Waals surface area contributed by atoms with Crippen LogP contribution in [0, 0.1) is 5.82 Å². The smallest absolute Gasteiger partial charge is 0.260 e. The van der Waals surface area contributed by atoms with Gasteiger partial charge in [-0.15, -0.1) is 10.2 Å². The van der Waals surface area contributed by atoms with Gasteiger partial charge in [0.1, 0.15) is 11.6 Å². The number of carbonyl (C=O) groups excluding carboxylic acids is 1. The van der Waals surface area contributed by atoms with E-state index in [1.54, 1.807) is 41.3 Å². The molecule has 1 amide bonds. The summed E-state index contributed by atoms with van der Waals surface area (Å²) in [6, 6.07) is 13.5. The van der Waals surface area contributed by atoms with Gasteiger partial charge in [-0.3, -0.25) is 4.79 Å². The Morgan fingerprint density at radius 3 is 2.39 bits per heavy atom. The van der Waals surface area contributed by atoms with Crippen LogP contribution in [0.1, 0.15) is 0 Å². The van der Waals surface area contributed by atoms with E-state index >= 15 is 0 Å². The third-order valence-corrected chi connectivity index (χ3v) is 4.65. The molecule has 1 aliphatic rings. The van der Waals surface area contributed by atoms with E-state index in [9.17, 15) is 9.18 Å². The van der Waals surface area contributed by atoms with E-state index in [1.807, 2.05) is 0 Å². The van der Waals surface area contributed by atoms with Crippen molar-refractivity contribution in [2.24, 2.45) is 0 Å². The first-order chi connectivity index (χ1) is 13.7. The Labute approximate surface area is 161 Å². The zero-order chi connectivity index (χ0) is 19.3. The van der Waals surface area contributed by atoms with E-state index in [0.717, 1.165) is 11.3 Å². The van der Waals surface area contributed by atoms with Crippen LogP contribution in [0.4, 0.5) is 10.1 Å². The first kappa shape index (κ1) is 18.0. The minimum atomic E-state index is -0.250. The Hall–Kier alpha value is -3.42. The number of halogens is 1. The summed E-state index contributed by atoms with van der Waals surface area (Å²) in [5, 5.41) is 7.49. The maximum absolute atomic E-state index is 13.0. The van der Waals surface area contributed by atoms with E-state index in [0.29, 0.717) is 37.8 Å². The second kappa shape index (κ2) is 8.08. The molecule has 7 nitrogen and oxygen atoms in total. The number of ether oxygens (including phenoxy) is 1. The summed E-state index contributed by atoms with van der Waals surface area (Å²) in [5.41, 5.74) is 1.75. The molecule has 1 aliphatic heterocycles. The number of piperazine rings is 1. The van der Waals surface area contributed by atoms with Crippen LogP contribution >= 0.6 is 0 Å². The van der Waals surface area contributed by atoms with Gasteiger partial charge in [-0.2, -0.15) is 0 Å². The summed E-state index contributed by atoms with van der Waals surface area (Å²) in [7, 11) is 0. The second-order valence-electron chi connectivity index (χ2n) is 6.40. The maximum Gasteiger partial charge on any atom is 0.260 e. The molecule has 2 aromatic carbocycles. The summed E-state index contributed by atoms with van der Waals surface area (Å²) < 4.78 is 23.8. The molecule has 144 valence electrons. The van der Waals surface area contributed by atoms with Crippen molar-refractivity contribution in [3.8, 4) is 17.2 Å². The standard InChI is InChI=1S/C20H19FN4O3/c21-16-3-5-17(6-4-16)24-9-11-25(12-10-24)19(26)13-27-18-7-1-15(2-8-18)20-23-22-14-28-20/h1-8,14H,9-13H2. The number of hydrogen-bond donors (Lipinski definition) is 0. The number of nitrogens with zero attached hydrogens (tertiary/aromatic N) is 4. The van der Waals surface area contributed by atoms with Crippen molar-refractivity contribution in [1.82, 2.24) is 15.1 Å². The quantitative estimate of drug-likeness (QED) is 0.676. The summed E-state index contributed by atoms with van der Waals surface area (Å²) in [5.74, 6) is 0.725. The summed E-state index contributed by atoms with van der Waals surface area (Å²) >= 11 is 0. The van der Waals surface area contributed by atoms with Gasteiger partial charge in [0.25, 0.3) is 5.91 Å². The van der Waals surface area contributed by atoms with E-state index in [1.165, 1.54) is 18.5 Å². The van der Waals surface area contributed by atoms with Crippen LogP contribution in [0.2, 0.25) is 0 Å². The molecule has 3 aromatic rings. The molecule has 0 aliphatic carbocycles. The molecule has 1 fully saturated rings. The molecule has 0 saturated carbocycles. The van der Waals surface area contributed by atoms with Crippen molar-refractivity contribution in [1.29, 1.82) is 0 Å². The van der Waals surface area contributed by atoms with Gasteiger partial charge in [-0.25, -0.2) is 4.39 Å². The number of hydrogen-bond acceptors (Lipinski definition) is 6. The Kier molecular flexibility index (Phi) is 5.18. The minimum Gasteiger partial charge on any atom is -0.484 e. The predicted molar refractivity (Wildman–Crippen MR) is 100 cm³/mol. The monoisotopic (exact) mass is 382 g/mol. The Bertz CT molecular complexity index is 906. The molecular formula is C20H19FN4O3. The lowest BCUT2D eigenvalue weighted by molar-refractivity contribution is -0.133. The van der Waals surface area contributed by atoms with E-state index in [4.69, 9.17) is 9.15 Å². The average molecular weight is 382 g/mol. The third-order valence-electron chi connectivity index (χ3n) is 4.65. The highest BCUT2D eigenvalue weighted by Gasteiger charge is 2.21. The molecule has 8 heteroatoms. The van der Waals surface area contributed by atoms with Crippen molar-refractivity contribution in [3.63, 3.8) is 0 Å². The molecule has 0 radical (unpaired) electrons. The fraction of sp³-hybridized carbons (Fsp3) is 0.250. The van der Waals surface area contributed by atoms with Crippen LogP contribution in [0.5, 0.6) is 5.75 Å². The van der Waals surface area contributed by atoms with Crippen molar-refractivity contribution in [3.05, 3.63) is 60.7 Å². The highest BCUT2D eigenvalue weighted by Crippen LogP contribution is 2.20. The first-order valence-electron chi connectivity index (χ1n) is 8.97. The average Bonchev–Trinajstić information content (AvgIpc) is 3.28. The van der Waals surface area contributed by atoms with Crippen LogP contribution in [0.3, 0.4) is 0 Å². The fourth-order valence-electron chi connectivity index (χ4n) is 3.09. The predicted octanol–water partition coefficient (Wildman–Crippen LogP) is 2.60. The Morgan fingerprint density at radius 2 is 1.75 bits per heavy atom. The van der Waals surface area contributed by atoms with Crippen LogP contribution in [0.25, 0.3) is 11.5 Å². The highest BCUT2D eigenvalue weighted by atomic mass is 19.1. The van der Waals surface area contributed by atoms with E-state index in [-0.39, 0.29) is 18.3 Å². The summed E-state index contributed by atoms with van der Waals surface area (Å²) in [4.78, 5) is 16.3. The van der Waals surface area contributed by atoms with Crippen molar-refractivity contribution in [2.45, 2.75) is 0 Å². The number of anilines is 1. The van der Waals surface area contributed by atoms with Gasteiger partial charge in [0, 0.05) is 37.4 Å². The lowest BCUT2D eigenvalue weighted by atomic mass is 10.2. The van der Waals surface area contributed by atoms with Gasteiger partial charge >= 0.3 is 0 Å². The number of amides is 1. The number of aromatic nitrogens is 2. The van der Waals surface area contributed by atoms with Gasteiger partial charge < -0.3 is 19.0 Å². The topological polar surface area (TPSA) is 71.7 Å². The van der Waals surface area contributed by atoms with Crippen LogP contribution in [-0.4, -0.2) is 53.8 Å². The minimum absolute atomic E-state index is 0.0174.